The number of hydrogen-bond acceptors (Lipinski definition) is 5. The summed E-state index contributed by atoms with van der Waals surface area (Å²) >= 11 is 0. The molecule has 2 rings (SSSR count). The van der Waals surface area contributed by atoms with Crippen LogP contribution in [0.15, 0.2) is 42.5 Å². The molecule has 0 radical (unpaired) electrons. The van der Waals surface area contributed by atoms with Crippen molar-refractivity contribution in [2.75, 3.05) is 39.3 Å². The predicted molar refractivity (Wildman–Crippen MR) is 105 cm³/mol. The van der Waals surface area contributed by atoms with Crippen molar-refractivity contribution < 1.29 is 18.7 Å². The SMILES string of the molecule is COc1ccc(CN(C)CC(=O)N(CCC#N)c2ccc(F)cc2)cc1OC. The zero-order valence-corrected chi connectivity index (χ0v) is 16.3. The molecular weight excluding hydrogens is 361 g/mol. The summed E-state index contributed by atoms with van der Waals surface area (Å²) in [7, 11) is 4.99. The van der Waals surface area contributed by atoms with Crippen LogP contribution in [0.2, 0.25) is 0 Å². The van der Waals surface area contributed by atoms with Gasteiger partial charge in [-0.1, -0.05) is 6.07 Å². The van der Waals surface area contributed by atoms with Crippen molar-refractivity contribution in [3.05, 3.63) is 53.8 Å². The minimum absolute atomic E-state index is 0.150. The molecular formula is C21H24FN3O3. The van der Waals surface area contributed by atoms with Crippen LogP contribution in [0.1, 0.15) is 12.0 Å². The van der Waals surface area contributed by atoms with E-state index in [0.29, 0.717) is 23.7 Å². The van der Waals surface area contributed by atoms with Crippen LogP contribution in [0, 0.1) is 17.1 Å². The Balaban J connectivity index is 2.07. The maximum Gasteiger partial charge on any atom is 0.241 e. The average Bonchev–Trinajstić information content (AvgIpc) is 2.69. The van der Waals surface area contributed by atoms with Gasteiger partial charge >= 0.3 is 0 Å². The Kier molecular flexibility index (Phi) is 7.78. The lowest BCUT2D eigenvalue weighted by atomic mass is 10.2. The van der Waals surface area contributed by atoms with E-state index < -0.39 is 0 Å². The second kappa shape index (κ2) is 10.3. The highest BCUT2D eigenvalue weighted by Crippen LogP contribution is 2.28. The minimum Gasteiger partial charge on any atom is -0.493 e. The number of methoxy groups -OCH3 is 2. The molecule has 1 amide bonds. The molecule has 0 saturated carbocycles. The quantitative estimate of drug-likeness (QED) is 0.663. The van der Waals surface area contributed by atoms with Crippen molar-refractivity contribution in [1.82, 2.24) is 4.90 Å². The highest BCUT2D eigenvalue weighted by atomic mass is 19.1. The van der Waals surface area contributed by atoms with Crippen molar-refractivity contribution in [3.8, 4) is 17.6 Å². The van der Waals surface area contributed by atoms with E-state index in [1.165, 1.54) is 17.0 Å². The molecule has 6 nitrogen and oxygen atoms in total. The lowest BCUT2D eigenvalue weighted by molar-refractivity contribution is -0.119. The molecule has 0 spiro atoms. The Labute approximate surface area is 164 Å². The molecule has 0 N–H and O–H groups in total. The third-order valence-corrected chi connectivity index (χ3v) is 4.19. The first kappa shape index (κ1) is 21.2. The highest BCUT2D eigenvalue weighted by molar-refractivity contribution is 5.94. The number of nitriles is 1. The van der Waals surface area contributed by atoms with Crippen molar-refractivity contribution in [2.45, 2.75) is 13.0 Å². The summed E-state index contributed by atoms with van der Waals surface area (Å²) in [6.45, 7) is 0.934. The number of rotatable bonds is 9. The van der Waals surface area contributed by atoms with Crippen LogP contribution >= 0.6 is 0 Å². The van der Waals surface area contributed by atoms with Crippen molar-refractivity contribution in [3.63, 3.8) is 0 Å². The number of ether oxygens (including phenoxy) is 2. The first-order chi connectivity index (χ1) is 13.5. The van der Waals surface area contributed by atoms with E-state index >= 15 is 0 Å². The van der Waals surface area contributed by atoms with E-state index in [2.05, 4.69) is 0 Å². The van der Waals surface area contributed by atoms with Crippen LogP contribution in [0.4, 0.5) is 10.1 Å². The van der Waals surface area contributed by atoms with Crippen LogP contribution in [0.3, 0.4) is 0 Å². The number of halogens is 1. The van der Waals surface area contributed by atoms with E-state index in [1.54, 1.807) is 26.4 Å². The average molecular weight is 385 g/mol. The first-order valence-electron chi connectivity index (χ1n) is 8.80. The molecule has 28 heavy (non-hydrogen) atoms. The Bertz CT molecular complexity index is 834. The monoisotopic (exact) mass is 385 g/mol. The molecule has 0 aromatic heterocycles. The van der Waals surface area contributed by atoms with Crippen molar-refractivity contribution in [2.24, 2.45) is 0 Å². The summed E-state index contributed by atoms with van der Waals surface area (Å²) in [5, 5.41) is 8.88. The van der Waals surface area contributed by atoms with Crippen LogP contribution in [0.25, 0.3) is 0 Å². The molecule has 2 aromatic rings. The molecule has 0 atom stereocenters. The topological polar surface area (TPSA) is 65.8 Å². The van der Waals surface area contributed by atoms with Gasteiger partial charge in [0.15, 0.2) is 11.5 Å². The smallest absolute Gasteiger partial charge is 0.241 e. The molecule has 0 bridgehead atoms. The summed E-state index contributed by atoms with van der Waals surface area (Å²) < 4.78 is 23.7. The maximum atomic E-state index is 13.2. The number of amides is 1. The third kappa shape index (κ3) is 5.69. The summed E-state index contributed by atoms with van der Waals surface area (Å²) in [4.78, 5) is 16.2. The second-order valence-electron chi connectivity index (χ2n) is 6.29. The molecule has 0 aliphatic carbocycles. The molecule has 0 aliphatic rings. The van der Waals surface area contributed by atoms with E-state index in [9.17, 15) is 9.18 Å². The molecule has 7 heteroatoms. The van der Waals surface area contributed by atoms with Gasteiger partial charge < -0.3 is 14.4 Å². The zero-order valence-electron chi connectivity index (χ0n) is 16.3. The molecule has 2 aromatic carbocycles. The fourth-order valence-corrected chi connectivity index (χ4v) is 2.84. The molecule has 0 unspecified atom stereocenters. The summed E-state index contributed by atoms with van der Waals surface area (Å²) in [6, 6.07) is 13.3. The van der Waals surface area contributed by atoms with Crippen LogP contribution in [-0.4, -0.2) is 45.2 Å². The van der Waals surface area contributed by atoms with Crippen molar-refractivity contribution in [1.29, 1.82) is 5.26 Å². The van der Waals surface area contributed by atoms with Gasteiger partial charge in [-0.15, -0.1) is 0 Å². The Morgan fingerprint density at radius 2 is 1.79 bits per heavy atom. The normalized spacial score (nSPS) is 10.4. The fourth-order valence-electron chi connectivity index (χ4n) is 2.84. The number of carbonyl (C=O) groups excluding carboxylic acids is 1. The van der Waals surface area contributed by atoms with Crippen LogP contribution < -0.4 is 14.4 Å². The van der Waals surface area contributed by atoms with Gasteiger partial charge in [-0.2, -0.15) is 5.26 Å². The summed E-state index contributed by atoms with van der Waals surface area (Å²) in [5.74, 6) is 0.734. The predicted octanol–water partition coefficient (Wildman–Crippen LogP) is 3.22. The lowest BCUT2D eigenvalue weighted by Gasteiger charge is -2.25. The number of anilines is 1. The minimum atomic E-state index is -0.373. The highest BCUT2D eigenvalue weighted by Gasteiger charge is 2.18. The van der Waals surface area contributed by atoms with Crippen molar-refractivity contribution >= 4 is 11.6 Å². The second-order valence-corrected chi connectivity index (χ2v) is 6.29. The third-order valence-electron chi connectivity index (χ3n) is 4.19. The molecule has 0 saturated heterocycles. The van der Waals surface area contributed by atoms with E-state index in [0.717, 1.165) is 5.56 Å². The van der Waals surface area contributed by atoms with Gasteiger partial charge in [0.1, 0.15) is 5.82 Å². The number of likely N-dealkylation sites (N-methyl/N-ethyl adjacent to an activating group) is 1. The van der Waals surface area contributed by atoms with Gasteiger partial charge in [-0.05, 0) is 49.0 Å². The largest absolute Gasteiger partial charge is 0.493 e. The maximum absolute atomic E-state index is 13.2. The first-order valence-corrected chi connectivity index (χ1v) is 8.80. The number of nitrogens with zero attached hydrogens (tertiary/aromatic N) is 3. The fraction of sp³-hybridized carbons (Fsp3) is 0.333. The van der Waals surface area contributed by atoms with Gasteiger partial charge in [-0.25, -0.2) is 4.39 Å². The van der Waals surface area contributed by atoms with Gasteiger partial charge in [-0.3, -0.25) is 9.69 Å². The zero-order chi connectivity index (χ0) is 20.5. The Hall–Kier alpha value is -3.11. The summed E-state index contributed by atoms with van der Waals surface area (Å²) in [5.41, 5.74) is 1.54. The Morgan fingerprint density at radius 1 is 1.11 bits per heavy atom. The van der Waals surface area contributed by atoms with Gasteiger partial charge in [0.05, 0.1) is 33.3 Å². The number of hydrogen-bond donors (Lipinski definition) is 0. The standard InChI is InChI=1S/C21H24FN3O3/c1-24(14-16-5-10-19(27-2)20(13-16)28-3)15-21(26)25(12-4-11-23)18-8-6-17(22)7-9-18/h5-10,13H,4,12,14-15H2,1-3H3. The van der Waals surface area contributed by atoms with Gasteiger partial charge in [0, 0.05) is 18.8 Å². The summed E-state index contributed by atoms with van der Waals surface area (Å²) in [6.07, 6.45) is 0.197. The Morgan fingerprint density at radius 3 is 2.39 bits per heavy atom. The van der Waals surface area contributed by atoms with E-state index in [-0.39, 0.29) is 31.2 Å². The molecule has 0 heterocycles. The number of benzene rings is 2. The van der Waals surface area contributed by atoms with E-state index in [1.807, 2.05) is 36.2 Å². The van der Waals surface area contributed by atoms with Crippen LogP contribution in [0.5, 0.6) is 11.5 Å². The molecule has 148 valence electrons. The lowest BCUT2D eigenvalue weighted by Crippen LogP contribution is -2.39. The van der Waals surface area contributed by atoms with Gasteiger partial charge in [0.25, 0.3) is 0 Å². The molecule has 0 fully saturated rings. The van der Waals surface area contributed by atoms with Gasteiger partial charge in [0.2, 0.25) is 5.91 Å². The number of carbonyl (C=O) groups is 1. The molecule has 0 aliphatic heterocycles. The van der Waals surface area contributed by atoms with Crippen LogP contribution in [-0.2, 0) is 11.3 Å². The van der Waals surface area contributed by atoms with E-state index in [4.69, 9.17) is 14.7 Å².